The minimum atomic E-state index is -0.124. The molecular weight excluding hydrogens is 256 g/mol. The number of aromatic nitrogens is 1. The molecule has 0 bridgehead atoms. The van der Waals surface area contributed by atoms with E-state index in [-0.39, 0.29) is 5.91 Å². The van der Waals surface area contributed by atoms with Crippen LogP contribution >= 0.6 is 15.9 Å². The molecule has 1 amide bonds. The molecule has 3 nitrogen and oxygen atoms in total. The third-order valence-corrected chi connectivity index (χ3v) is 2.18. The van der Waals surface area contributed by atoms with Crippen LogP contribution in [-0.4, -0.2) is 17.4 Å². The zero-order valence-corrected chi connectivity index (χ0v) is 9.75. The largest absolute Gasteiger partial charge is 0.352 e. The minimum absolute atomic E-state index is 0.124. The van der Waals surface area contributed by atoms with Gasteiger partial charge in [0.05, 0.1) is 5.56 Å². The minimum Gasteiger partial charge on any atom is -0.352 e. The molecule has 1 rings (SSSR count). The number of halogens is 1. The molecule has 0 aliphatic heterocycles. The van der Waals surface area contributed by atoms with Crippen molar-refractivity contribution in [3.05, 3.63) is 28.5 Å². The summed E-state index contributed by atoms with van der Waals surface area (Å²) in [6.07, 6.45) is 9.73. The lowest BCUT2D eigenvalue weighted by molar-refractivity contribution is 0.0953. The van der Waals surface area contributed by atoms with Crippen LogP contribution in [0, 0.1) is 12.3 Å². The number of nitrogens with zero attached hydrogens (tertiary/aromatic N) is 1. The maximum atomic E-state index is 11.5. The lowest BCUT2D eigenvalue weighted by Crippen LogP contribution is -2.24. The zero-order chi connectivity index (χ0) is 11.1. The summed E-state index contributed by atoms with van der Waals surface area (Å²) in [5.74, 6) is 2.39. The van der Waals surface area contributed by atoms with Gasteiger partial charge in [-0.15, -0.1) is 12.3 Å². The highest BCUT2D eigenvalue weighted by atomic mass is 79.9. The maximum Gasteiger partial charge on any atom is 0.252 e. The Morgan fingerprint density at radius 2 is 2.40 bits per heavy atom. The molecule has 1 N–H and O–H groups in total. The Hall–Kier alpha value is -1.34. The average Bonchev–Trinajstić information content (AvgIpc) is 2.24. The molecule has 0 aromatic carbocycles. The molecule has 1 aromatic rings. The topological polar surface area (TPSA) is 42.0 Å². The van der Waals surface area contributed by atoms with E-state index in [0.29, 0.717) is 18.5 Å². The molecule has 1 heterocycles. The van der Waals surface area contributed by atoms with Gasteiger partial charge >= 0.3 is 0 Å². The highest BCUT2D eigenvalue weighted by molar-refractivity contribution is 9.10. The first-order valence-corrected chi connectivity index (χ1v) is 5.35. The highest BCUT2D eigenvalue weighted by Crippen LogP contribution is 2.09. The van der Waals surface area contributed by atoms with Crippen LogP contribution in [-0.2, 0) is 0 Å². The van der Waals surface area contributed by atoms with E-state index in [4.69, 9.17) is 6.42 Å². The molecule has 0 unspecified atom stereocenters. The van der Waals surface area contributed by atoms with Crippen molar-refractivity contribution in [1.29, 1.82) is 0 Å². The fourth-order valence-electron chi connectivity index (χ4n) is 1.03. The molecule has 78 valence electrons. The summed E-state index contributed by atoms with van der Waals surface area (Å²) in [6, 6.07) is 1.73. The monoisotopic (exact) mass is 266 g/mol. The van der Waals surface area contributed by atoms with E-state index in [1.165, 1.54) is 6.20 Å². The molecular formula is C11H11BrN2O. The van der Waals surface area contributed by atoms with Gasteiger partial charge in [0.25, 0.3) is 5.91 Å². The molecule has 0 radical (unpaired) electrons. The van der Waals surface area contributed by atoms with Crippen LogP contribution < -0.4 is 5.32 Å². The summed E-state index contributed by atoms with van der Waals surface area (Å²) >= 11 is 3.25. The first kappa shape index (κ1) is 11.7. The third-order valence-electron chi connectivity index (χ3n) is 1.75. The molecule has 0 aliphatic carbocycles. The van der Waals surface area contributed by atoms with Gasteiger partial charge < -0.3 is 5.32 Å². The molecule has 0 spiro atoms. The van der Waals surface area contributed by atoms with Crippen LogP contribution in [0.1, 0.15) is 23.2 Å². The number of hydrogen-bond donors (Lipinski definition) is 1. The van der Waals surface area contributed by atoms with Crippen LogP contribution in [0.2, 0.25) is 0 Å². The van der Waals surface area contributed by atoms with Crippen LogP contribution in [0.3, 0.4) is 0 Å². The van der Waals surface area contributed by atoms with E-state index in [1.807, 2.05) is 0 Å². The maximum absolute atomic E-state index is 11.5. The van der Waals surface area contributed by atoms with Gasteiger partial charge in [-0.25, -0.2) is 0 Å². The summed E-state index contributed by atoms with van der Waals surface area (Å²) < 4.78 is 0.791. The Kier molecular flexibility index (Phi) is 4.85. The van der Waals surface area contributed by atoms with Gasteiger partial charge in [0.1, 0.15) is 0 Å². The molecule has 0 saturated heterocycles. The smallest absolute Gasteiger partial charge is 0.252 e. The number of pyridine rings is 1. The molecule has 0 atom stereocenters. The van der Waals surface area contributed by atoms with Gasteiger partial charge in [-0.3, -0.25) is 9.78 Å². The van der Waals surface area contributed by atoms with Crippen LogP contribution in [0.25, 0.3) is 0 Å². The summed E-state index contributed by atoms with van der Waals surface area (Å²) in [4.78, 5) is 15.4. The van der Waals surface area contributed by atoms with Gasteiger partial charge in [0.15, 0.2) is 0 Å². The molecule has 0 saturated carbocycles. The van der Waals surface area contributed by atoms with E-state index in [2.05, 4.69) is 32.2 Å². The van der Waals surface area contributed by atoms with E-state index < -0.39 is 0 Å². The van der Waals surface area contributed by atoms with Crippen LogP contribution in [0.4, 0.5) is 0 Å². The predicted octanol–water partition coefficient (Wildman–Crippen LogP) is 1.99. The summed E-state index contributed by atoms with van der Waals surface area (Å²) in [7, 11) is 0. The Morgan fingerprint density at radius 3 is 3.07 bits per heavy atom. The highest BCUT2D eigenvalue weighted by Gasteiger charge is 2.04. The predicted molar refractivity (Wildman–Crippen MR) is 62.3 cm³/mol. The Bertz CT molecular complexity index is 384. The number of carbonyl (C=O) groups is 1. The normalized spacial score (nSPS) is 9.33. The fourth-order valence-corrected chi connectivity index (χ4v) is 1.40. The number of carbonyl (C=O) groups excluding carboxylic acids is 1. The van der Waals surface area contributed by atoms with Crippen LogP contribution in [0.5, 0.6) is 0 Å². The van der Waals surface area contributed by atoms with E-state index in [1.54, 1.807) is 12.3 Å². The molecule has 4 heteroatoms. The van der Waals surface area contributed by atoms with Gasteiger partial charge in [-0.2, -0.15) is 0 Å². The van der Waals surface area contributed by atoms with Gasteiger partial charge in [0, 0.05) is 29.8 Å². The Morgan fingerprint density at radius 1 is 1.60 bits per heavy atom. The first-order chi connectivity index (χ1) is 7.24. The third kappa shape index (κ3) is 4.13. The zero-order valence-electron chi connectivity index (χ0n) is 8.16. The van der Waals surface area contributed by atoms with Crippen molar-refractivity contribution in [3.63, 3.8) is 0 Å². The Labute approximate surface area is 97.4 Å². The van der Waals surface area contributed by atoms with Crippen molar-refractivity contribution >= 4 is 21.8 Å². The van der Waals surface area contributed by atoms with Crippen molar-refractivity contribution < 1.29 is 4.79 Å². The molecule has 1 aromatic heterocycles. The Balaban J connectivity index is 2.44. The average molecular weight is 267 g/mol. The summed E-state index contributed by atoms with van der Waals surface area (Å²) in [6.45, 7) is 0.593. The second kappa shape index (κ2) is 6.20. The van der Waals surface area contributed by atoms with Gasteiger partial charge in [-0.05, 0) is 28.4 Å². The number of amides is 1. The van der Waals surface area contributed by atoms with Crippen molar-refractivity contribution in [2.75, 3.05) is 6.54 Å². The van der Waals surface area contributed by atoms with Gasteiger partial charge in [0.2, 0.25) is 0 Å². The lowest BCUT2D eigenvalue weighted by Gasteiger charge is -2.03. The van der Waals surface area contributed by atoms with Crippen molar-refractivity contribution in [3.8, 4) is 12.3 Å². The van der Waals surface area contributed by atoms with Crippen molar-refractivity contribution in [2.24, 2.45) is 0 Å². The number of hydrogen-bond acceptors (Lipinski definition) is 2. The van der Waals surface area contributed by atoms with E-state index in [0.717, 1.165) is 10.9 Å². The molecule has 15 heavy (non-hydrogen) atoms. The van der Waals surface area contributed by atoms with Crippen molar-refractivity contribution in [2.45, 2.75) is 12.8 Å². The quantitative estimate of drug-likeness (QED) is 0.669. The number of terminal acetylenes is 1. The second-order valence-electron chi connectivity index (χ2n) is 2.96. The SMILES string of the molecule is C#CCCCNC(=O)c1cncc(Br)c1. The standard InChI is InChI=1S/C11H11BrN2O/c1-2-3-4-5-14-11(15)9-6-10(12)8-13-7-9/h1,6-8H,3-5H2,(H,14,15). The van der Waals surface area contributed by atoms with Crippen LogP contribution in [0.15, 0.2) is 22.9 Å². The van der Waals surface area contributed by atoms with Gasteiger partial charge in [-0.1, -0.05) is 0 Å². The van der Waals surface area contributed by atoms with Crippen molar-refractivity contribution in [1.82, 2.24) is 10.3 Å². The van der Waals surface area contributed by atoms with E-state index >= 15 is 0 Å². The van der Waals surface area contributed by atoms with E-state index in [9.17, 15) is 4.79 Å². The molecule has 0 aliphatic rings. The first-order valence-electron chi connectivity index (χ1n) is 4.56. The molecule has 0 fully saturated rings. The summed E-state index contributed by atoms with van der Waals surface area (Å²) in [5, 5.41) is 2.77. The fraction of sp³-hybridized carbons (Fsp3) is 0.273. The second-order valence-corrected chi connectivity index (χ2v) is 3.87. The number of rotatable bonds is 4. The number of nitrogens with one attached hydrogen (secondary N) is 1. The number of unbranched alkanes of at least 4 members (excludes halogenated alkanes) is 1. The summed E-state index contributed by atoms with van der Waals surface area (Å²) in [5.41, 5.74) is 0.546. The lowest BCUT2D eigenvalue weighted by atomic mass is 10.2.